The Bertz CT molecular complexity index is 588. The van der Waals surface area contributed by atoms with Crippen LogP contribution in [0.2, 0.25) is 0 Å². The Labute approximate surface area is 121 Å². The minimum Gasteiger partial charge on any atom is -0.493 e. The molecule has 0 heterocycles. The molecule has 0 fully saturated rings. The highest BCUT2D eigenvalue weighted by molar-refractivity contribution is 5.47. The van der Waals surface area contributed by atoms with E-state index in [4.69, 9.17) is 9.47 Å². The molecule has 0 amide bonds. The van der Waals surface area contributed by atoms with Crippen LogP contribution in [-0.2, 0) is 12.8 Å². The van der Waals surface area contributed by atoms with Crippen LogP contribution in [0.1, 0.15) is 22.3 Å². The summed E-state index contributed by atoms with van der Waals surface area (Å²) in [4.78, 5) is 0. The van der Waals surface area contributed by atoms with E-state index in [2.05, 4.69) is 38.1 Å². The molecular weight excluding hydrogens is 248 g/mol. The third-order valence-electron chi connectivity index (χ3n) is 3.65. The van der Waals surface area contributed by atoms with Crippen molar-refractivity contribution in [1.82, 2.24) is 0 Å². The van der Waals surface area contributed by atoms with Crippen molar-refractivity contribution in [2.24, 2.45) is 0 Å². The summed E-state index contributed by atoms with van der Waals surface area (Å²) >= 11 is 0. The minimum atomic E-state index is 0.797. The molecule has 0 aliphatic rings. The highest BCUT2D eigenvalue weighted by atomic mass is 16.5. The molecule has 0 saturated heterocycles. The van der Waals surface area contributed by atoms with Crippen LogP contribution in [0, 0.1) is 13.8 Å². The maximum atomic E-state index is 5.48. The number of aryl methyl sites for hydroxylation is 4. The van der Waals surface area contributed by atoms with E-state index in [1.54, 1.807) is 14.2 Å². The Balaban J connectivity index is 2.20. The molecule has 2 aromatic rings. The fourth-order valence-corrected chi connectivity index (χ4v) is 2.49. The van der Waals surface area contributed by atoms with Gasteiger partial charge >= 0.3 is 0 Å². The lowest BCUT2D eigenvalue weighted by Gasteiger charge is -2.13. The van der Waals surface area contributed by atoms with Crippen LogP contribution in [0.3, 0.4) is 0 Å². The summed E-state index contributed by atoms with van der Waals surface area (Å²) in [7, 11) is 3.37. The number of methoxy groups -OCH3 is 2. The summed E-state index contributed by atoms with van der Waals surface area (Å²) < 4.78 is 10.8. The van der Waals surface area contributed by atoms with Gasteiger partial charge in [-0.05, 0) is 49.4 Å². The normalized spacial score (nSPS) is 10.4. The monoisotopic (exact) mass is 270 g/mol. The molecule has 0 N–H and O–H groups in total. The SMILES string of the molecule is COc1cccc(CCc2cc(C)ccc2C)c1OC. The van der Waals surface area contributed by atoms with Crippen molar-refractivity contribution in [2.75, 3.05) is 14.2 Å². The van der Waals surface area contributed by atoms with Gasteiger partial charge in [0, 0.05) is 0 Å². The van der Waals surface area contributed by atoms with Crippen LogP contribution >= 0.6 is 0 Å². The van der Waals surface area contributed by atoms with Crippen molar-refractivity contribution in [3.63, 3.8) is 0 Å². The summed E-state index contributed by atoms with van der Waals surface area (Å²) in [6.45, 7) is 4.30. The molecule has 20 heavy (non-hydrogen) atoms. The Morgan fingerprint density at radius 2 is 1.60 bits per heavy atom. The van der Waals surface area contributed by atoms with Gasteiger partial charge in [0.25, 0.3) is 0 Å². The third-order valence-corrected chi connectivity index (χ3v) is 3.65. The fourth-order valence-electron chi connectivity index (χ4n) is 2.49. The molecule has 2 rings (SSSR count). The molecule has 0 radical (unpaired) electrons. The molecule has 0 unspecified atom stereocenters. The van der Waals surface area contributed by atoms with Gasteiger partial charge in [0.05, 0.1) is 14.2 Å². The number of hydrogen-bond donors (Lipinski definition) is 0. The number of ether oxygens (including phenoxy) is 2. The molecule has 0 aliphatic heterocycles. The summed E-state index contributed by atoms with van der Waals surface area (Å²) in [6.07, 6.45) is 1.96. The second-order valence-corrected chi connectivity index (χ2v) is 5.08. The standard InChI is InChI=1S/C18H22O2/c1-13-8-9-14(2)16(12-13)11-10-15-6-5-7-17(19-3)18(15)20-4/h5-9,12H,10-11H2,1-4H3. The zero-order valence-corrected chi connectivity index (χ0v) is 12.7. The van der Waals surface area contributed by atoms with Gasteiger partial charge in [-0.1, -0.05) is 35.9 Å². The van der Waals surface area contributed by atoms with E-state index < -0.39 is 0 Å². The Morgan fingerprint density at radius 3 is 2.30 bits per heavy atom. The molecule has 106 valence electrons. The average molecular weight is 270 g/mol. The number of benzene rings is 2. The van der Waals surface area contributed by atoms with Gasteiger partial charge < -0.3 is 9.47 Å². The Kier molecular flexibility index (Phi) is 4.67. The Hall–Kier alpha value is -1.96. The van der Waals surface area contributed by atoms with E-state index in [1.807, 2.05) is 12.1 Å². The van der Waals surface area contributed by atoms with Crippen LogP contribution in [-0.4, -0.2) is 14.2 Å². The van der Waals surface area contributed by atoms with Gasteiger partial charge in [-0.3, -0.25) is 0 Å². The van der Waals surface area contributed by atoms with Crippen molar-refractivity contribution >= 4 is 0 Å². The quantitative estimate of drug-likeness (QED) is 0.814. The summed E-state index contributed by atoms with van der Waals surface area (Å²) in [5, 5.41) is 0. The molecular formula is C18H22O2. The van der Waals surface area contributed by atoms with Crippen LogP contribution in [0.25, 0.3) is 0 Å². The predicted octanol–water partition coefficient (Wildman–Crippen LogP) is 4.11. The first-order chi connectivity index (χ1) is 9.65. The first-order valence-corrected chi connectivity index (χ1v) is 6.91. The van der Waals surface area contributed by atoms with Crippen LogP contribution in [0.4, 0.5) is 0 Å². The lowest BCUT2D eigenvalue weighted by atomic mass is 9.98. The number of para-hydroxylation sites is 1. The first-order valence-electron chi connectivity index (χ1n) is 6.91. The molecule has 0 aromatic heterocycles. The van der Waals surface area contributed by atoms with E-state index in [0.29, 0.717) is 0 Å². The van der Waals surface area contributed by atoms with E-state index in [9.17, 15) is 0 Å². The predicted molar refractivity (Wildman–Crippen MR) is 82.9 cm³/mol. The molecule has 2 nitrogen and oxygen atoms in total. The first kappa shape index (κ1) is 14.4. The van der Waals surface area contributed by atoms with Crippen LogP contribution in [0.15, 0.2) is 36.4 Å². The van der Waals surface area contributed by atoms with Gasteiger partial charge in [-0.25, -0.2) is 0 Å². The van der Waals surface area contributed by atoms with Crippen LogP contribution in [0.5, 0.6) is 11.5 Å². The average Bonchev–Trinajstić information content (AvgIpc) is 2.47. The van der Waals surface area contributed by atoms with E-state index in [-0.39, 0.29) is 0 Å². The van der Waals surface area contributed by atoms with E-state index in [0.717, 1.165) is 24.3 Å². The summed E-state index contributed by atoms with van der Waals surface area (Å²) in [5.74, 6) is 1.64. The second-order valence-electron chi connectivity index (χ2n) is 5.08. The molecule has 0 aliphatic carbocycles. The Morgan fingerprint density at radius 1 is 0.850 bits per heavy atom. The fraction of sp³-hybridized carbons (Fsp3) is 0.333. The van der Waals surface area contributed by atoms with Crippen LogP contribution < -0.4 is 9.47 Å². The van der Waals surface area contributed by atoms with Gasteiger partial charge in [-0.15, -0.1) is 0 Å². The van der Waals surface area contributed by atoms with Crippen molar-refractivity contribution in [2.45, 2.75) is 26.7 Å². The minimum absolute atomic E-state index is 0.797. The van der Waals surface area contributed by atoms with Crippen molar-refractivity contribution in [3.8, 4) is 11.5 Å². The largest absolute Gasteiger partial charge is 0.493 e. The van der Waals surface area contributed by atoms with Crippen molar-refractivity contribution < 1.29 is 9.47 Å². The van der Waals surface area contributed by atoms with Gasteiger partial charge in [0.1, 0.15) is 0 Å². The molecule has 0 bridgehead atoms. The second kappa shape index (κ2) is 6.47. The molecule has 0 atom stereocenters. The number of rotatable bonds is 5. The van der Waals surface area contributed by atoms with Gasteiger partial charge in [0.15, 0.2) is 11.5 Å². The molecule has 2 aromatic carbocycles. The molecule has 2 heteroatoms. The maximum Gasteiger partial charge on any atom is 0.163 e. The van der Waals surface area contributed by atoms with Crippen molar-refractivity contribution in [3.05, 3.63) is 58.7 Å². The molecule has 0 spiro atoms. The highest BCUT2D eigenvalue weighted by Crippen LogP contribution is 2.31. The topological polar surface area (TPSA) is 18.5 Å². The summed E-state index contributed by atoms with van der Waals surface area (Å²) in [5.41, 5.74) is 5.24. The highest BCUT2D eigenvalue weighted by Gasteiger charge is 2.10. The summed E-state index contributed by atoms with van der Waals surface area (Å²) in [6, 6.07) is 12.7. The zero-order chi connectivity index (χ0) is 14.5. The van der Waals surface area contributed by atoms with Gasteiger partial charge in [0.2, 0.25) is 0 Å². The van der Waals surface area contributed by atoms with Crippen molar-refractivity contribution in [1.29, 1.82) is 0 Å². The van der Waals surface area contributed by atoms with E-state index in [1.165, 1.54) is 22.3 Å². The lowest BCUT2D eigenvalue weighted by Crippen LogP contribution is -1.99. The lowest BCUT2D eigenvalue weighted by molar-refractivity contribution is 0.351. The smallest absolute Gasteiger partial charge is 0.163 e. The third kappa shape index (κ3) is 3.13. The number of hydrogen-bond acceptors (Lipinski definition) is 2. The maximum absolute atomic E-state index is 5.48. The zero-order valence-electron chi connectivity index (χ0n) is 12.7. The van der Waals surface area contributed by atoms with Gasteiger partial charge in [-0.2, -0.15) is 0 Å². The van der Waals surface area contributed by atoms with E-state index >= 15 is 0 Å². The molecule has 0 saturated carbocycles.